The molecule has 0 saturated heterocycles. The molecule has 1 aliphatic carbocycles. The van der Waals surface area contributed by atoms with Crippen LogP contribution in [-0.4, -0.2) is 10.6 Å². The molecule has 2 heteroatoms. The summed E-state index contributed by atoms with van der Waals surface area (Å²) in [5.41, 5.74) is 9.86. The van der Waals surface area contributed by atoms with Crippen LogP contribution < -0.4 is 4.90 Å². The van der Waals surface area contributed by atoms with Gasteiger partial charge in [-0.1, -0.05) is 115 Å². The van der Waals surface area contributed by atoms with Crippen molar-refractivity contribution in [1.82, 2.24) is 4.57 Å². The second kappa shape index (κ2) is 9.82. The lowest BCUT2D eigenvalue weighted by atomic mass is 9.75. The van der Waals surface area contributed by atoms with Crippen LogP contribution in [0.3, 0.4) is 0 Å². The molecule has 2 unspecified atom stereocenters. The van der Waals surface area contributed by atoms with Gasteiger partial charge in [-0.15, -0.1) is 0 Å². The van der Waals surface area contributed by atoms with E-state index < -0.39 is 0 Å². The zero-order chi connectivity index (χ0) is 31.1. The zero-order valence-electron chi connectivity index (χ0n) is 26.1. The lowest BCUT2D eigenvalue weighted by Gasteiger charge is -2.34. The Balaban J connectivity index is 1.13. The summed E-state index contributed by atoms with van der Waals surface area (Å²) < 4.78 is 2.41. The fraction of sp³-hybridized carbons (Fsp3) is 0.0667. The minimum absolute atomic E-state index is 0.137. The van der Waals surface area contributed by atoms with E-state index in [9.17, 15) is 0 Å². The van der Waals surface area contributed by atoms with Crippen LogP contribution in [0.25, 0.3) is 60.2 Å². The van der Waals surface area contributed by atoms with Crippen molar-refractivity contribution >= 4 is 54.7 Å². The first-order valence-corrected chi connectivity index (χ1v) is 16.5. The topological polar surface area (TPSA) is 8.17 Å². The standard InChI is InChI=1S/C45H32N2/c1-45-25-9-8-16-44(45)47(37-22-18-31-11-3-5-13-33(31)27-37)43-24-20-35(29-40(43)45)34-19-23-42-39(28-34)38-14-6-7-15-41(38)46(42)36-21-17-30-10-2-4-12-32(30)26-36/h2-29,44H,1H3. The van der Waals surface area contributed by atoms with Crippen molar-refractivity contribution < 1.29 is 0 Å². The van der Waals surface area contributed by atoms with Crippen LogP contribution in [0.4, 0.5) is 11.4 Å². The van der Waals surface area contributed by atoms with Crippen molar-refractivity contribution in [1.29, 1.82) is 0 Å². The molecular formula is C45H32N2. The minimum atomic E-state index is -0.137. The van der Waals surface area contributed by atoms with E-state index >= 15 is 0 Å². The molecule has 47 heavy (non-hydrogen) atoms. The molecule has 222 valence electrons. The van der Waals surface area contributed by atoms with Gasteiger partial charge in [0, 0.05) is 33.2 Å². The van der Waals surface area contributed by atoms with Crippen LogP contribution in [0.15, 0.2) is 170 Å². The van der Waals surface area contributed by atoms with Crippen LogP contribution in [0.2, 0.25) is 0 Å². The highest BCUT2D eigenvalue weighted by atomic mass is 15.2. The Morgan fingerprint density at radius 2 is 1.15 bits per heavy atom. The normalized spacial score (nSPS) is 18.4. The molecule has 2 nitrogen and oxygen atoms in total. The summed E-state index contributed by atoms with van der Waals surface area (Å²) in [5, 5.41) is 7.59. The number of anilines is 2. The Hall–Kier alpha value is -5.86. The number of nitrogens with zero attached hydrogens (tertiary/aromatic N) is 2. The summed E-state index contributed by atoms with van der Waals surface area (Å²) in [4.78, 5) is 2.53. The monoisotopic (exact) mass is 600 g/mol. The molecule has 2 atom stereocenters. The largest absolute Gasteiger partial charge is 0.333 e. The number of benzene rings is 7. The fourth-order valence-electron chi connectivity index (χ4n) is 8.21. The predicted octanol–water partition coefficient (Wildman–Crippen LogP) is 11.7. The van der Waals surface area contributed by atoms with Crippen LogP contribution in [-0.2, 0) is 5.41 Å². The first kappa shape index (κ1) is 26.4. The van der Waals surface area contributed by atoms with Gasteiger partial charge in [0.1, 0.15) is 0 Å². The Morgan fingerprint density at radius 1 is 0.511 bits per heavy atom. The van der Waals surface area contributed by atoms with E-state index in [1.807, 2.05) is 0 Å². The number of allylic oxidation sites excluding steroid dienone is 2. The summed E-state index contributed by atoms with van der Waals surface area (Å²) >= 11 is 0. The molecule has 0 fully saturated rings. The summed E-state index contributed by atoms with van der Waals surface area (Å²) in [6.45, 7) is 2.39. The molecule has 0 amide bonds. The van der Waals surface area contributed by atoms with E-state index in [1.165, 1.54) is 77.1 Å². The van der Waals surface area contributed by atoms with Crippen LogP contribution in [0.5, 0.6) is 0 Å². The number of fused-ring (bicyclic) bond motifs is 8. The third kappa shape index (κ3) is 3.85. The Bertz CT molecular complexity index is 2620. The van der Waals surface area contributed by atoms with Crippen LogP contribution >= 0.6 is 0 Å². The highest BCUT2D eigenvalue weighted by Crippen LogP contribution is 2.52. The maximum Gasteiger partial charge on any atom is 0.0655 e. The summed E-state index contributed by atoms with van der Waals surface area (Å²) in [6, 6.07) is 54.0. The quantitative estimate of drug-likeness (QED) is 0.196. The number of hydrogen-bond donors (Lipinski definition) is 0. The van der Waals surface area contributed by atoms with Crippen molar-refractivity contribution in [2.75, 3.05) is 4.90 Å². The maximum atomic E-state index is 2.53. The van der Waals surface area contributed by atoms with E-state index in [1.54, 1.807) is 0 Å². The van der Waals surface area contributed by atoms with Crippen LogP contribution in [0, 0.1) is 0 Å². The smallest absolute Gasteiger partial charge is 0.0655 e. The lowest BCUT2D eigenvalue weighted by molar-refractivity contribution is 0.551. The summed E-state index contributed by atoms with van der Waals surface area (Å²) in [7, 11) is 0. The average Bonchev–Trinajstić information content (AvgIpc) is 3.60. The van der Waals surface area contributed by atoms with Gasteiger partial charge >= 0.3 is 0 Å². The molecule has 1 aliphatic heterocycles. The Labute approximate surface area is 274 Å². The van der Waals surface area contributed by atoms with Gasteiger partial charge < -0.3 is 9.47 Å². The Kier molecular flexibility index (Phi) is 5.51. The maximum absolute atomic E-state index is 2.53. The summed E-state index contributed by atoms with van der Waals surface area (Å²) in [6.07, 6.45) is 9.17. The van der Waals surface area contributed by atoms with Gasteiger partial charge in [0.25, 0.3) is 0 Å². The SMILES string of the molecule is CC12C=CC=CC1N(c1ccc3ccccc3c1)c1ccc(-c3ccc4c(c3)c3ccccc3n4-c3ccc4ccccc4c3)cc12. The molecule has 7 aromatic carbocycles. The molecule has 0 bridgehead atoms. The highest BCUT2D eigenvalue weighted by Gasteiger charge is 2.46. The van der Waals surface area contributed by atoms with Gasteiger partial charge in [0.15, 0.2) is 0 Å². The Morgan fingerprint density at radius 3 is 1.96 bits per heavy atom. The van der Waals surface area contributed by atoms with Gasteiger partial charge in [-0.2, -0.15) is 0 Å². The molecule has 2 heterocycles. The van der Waals surface area contributed by atoms with Gasteiger partial charge in [0.2, 0.25) is 0 Å². The van der Waals surface area contributed by atoms with E-state index in [-0.39, 0.29) is 11.5 Å². The molecule has 8 aromatic rings. The second-order valence-corrected chi connectivity index (χ2v) is 13.2. The molecular weight excluding hydrogens is 569 g/mol. The molecule has 2 aliphatic rings. The number of aromatic nitrogens is 1. The third-order valence-electron chi connectivity index (χ3n) is 10.6. The van der Waals surface area contributed by atoms with E-state index in [4.69, 9.17) is 0 Å². The van der Waals surface area contributed by atoms with Crippen molar-refractivity contribution in [2.45, 2.75) is 18.4 Å². The van der Waals surface area contributed by atoms with Crippen molar-refractivity contribution in [2.24, 2.45) is 0 Å². The molecule has 10 rings (SSSR count). The minimum Gasteiger partial charge on any atom is -0.333 e. The predicted molar refractivity (Wildman–Crippen MR) is 199 cm³/mol. The highest BCUT2D eigenvalue weighted by molar-refractivity contribution is 6.10. The van der Waals surface area contributed by atoms with Crippen molar-refractivity contribution in [3.63, 3.8) is 0 Å². The van der Waals surface area contributed by atoms with E-state index in [0.717, 1.165) is 0 Å². The number of hydrogen-bond acceptors (Lipinski definition) is 1. The van der Waals surface area contributed by atoms with Crippen molar-refractivity contribution in [3.8, 4) is 16.8 Å². The van der Waals surface area contributed by atoms with E-state index in [2.05, 4.69) is 186 Å². The number of rotatable bonds is 3. The third-order valence-corrected chi connectivity index (χ3v) is 10.6. The van der Waals surface area contributed by atoms with E-state index in [0.29, 0.717) is 0 Å². The van der Waals surface area contributed by atoms with Gasteiger partial charge in [-0.05, 0) is 99.8 Å². The lowest BCUT2D eigenvalue weighted by Crippen LogP contribution is -2.39. The first-order valence-electron chi connectivity index (χ1n) is 16.5. The molecule has 1 aromatic heterocycles. The molecule has 0 spiro atoms. The molecule has 0 N–H and O–H groups in total. The number of para-hydroxylation sites is 1. The molecule has 0 radical (unpaired) electrons. The molecule has 0 saturated carbocycles. The zero-order valence-corrected chi connectivity index (χ0v) is 26.1. The van der Waals surface area contributed by atoms with Gasteiger partial charge in [-0.25, -0.2) is 0 Å². The van der Waals surface area contributed by atoms with Crippen molar-refractivity contribution in [3.05, 3.63) is 175 Å². The average molecular weight is 601 g/mol. The summed E-state index contributed by atoms with van der Waals surface area (Å²) in [5.74, 6) is 0. The first-order chi connectivity index (χ1) is 23.2. The fourth-order valence-corrected chi connectivity index (χ4v) is 8.21. The van der Waals surface area contributed by atoms with Gasteiger partial charge in [-0.3, -0.25) is 0 Å². The van der Waals surface area contributed by atoms with Gasteiger partial charge in [0.05, 0.1) is 17.1 Å². The van der Waals surface area contributed by atoms with Crippen LogP contribution in [0.1, 0.15) is 12.5 Å². The second-order valence-electron chi connectivity index (χ2n) is 13.2.